The van der Waals surface area contributed by atoms with Gasteiger partial charge in [-0.3, -0.25) is 9.98 Å². The first kappa shape index (κ1) is 25.6. The molecule has 3 rings (SSSR count). The highest BCUT2D eigenvalue weighted by molar-refractivity contribution is 7.98. The summed E-state index contributed by atoms with van der Waals surface area (Å²) in [4.78, 5) is 9.12. The van der Waals surface area contributed by atoms with Gasteiger partial charge in [0.1, 0.15) is 17.9 Å². The number of nitrogens with one attached hydrogen (secondary N) is 1. The van der Waals surface area contributed by atoms with Gasteiger partial charge in [0.2, 0.25) is 0 Å². The first-order chi connectivity index (χ1) is 16.0. The number of benzene rings is 1. The average Bonchev–Trinajstić information content (AvgIpc) is 3.33. The lowest BCUT2D eigenvalue weighted by Crippen LogP contribution is -2.32. The molecular formula is C22H25ClN4O3S3. The first-order valence-electron chi connectivity index (χ1n) is 10.2. The number of hydrogen-bond acceptors (Lipinski definition) is 8. The number of sulfone groups is 1. The van der Waals surface area contributed by atoms with Gasteiger partial charge < -0.3 is 9.84 Å². The van der Waals surface area contributed by atoms with E-state index in [-0.39, 0.29) is 5.75 Å². The summed E-state index contributed by atoms with van der Waals surface area (Å²) in [6.45, 7) is 1.09. The molecule has 0 saturated heterocycles. The lowest BCUT2D eigenvalue weighted by Gasteiger charge is -2.11. The number of aliphatic imine (C=N–C) groups is 1. The third-order valence-electron chi connectivity index (χ3n) is 4.36. The third-order valence-corrected chi connectivity index (χ3v) is 8.29. The van der Waals surface area contributed by atoms with E-state index in [1.807, 2.05) is 12.1 Å². The van der Waals surface area contributed by atoms with Gasteiger partial charge in [-0.25, -0.2) is 8.42 Å². The number of amidine groups is 1. The van der Waals surface area contributed by atoms with Crippen LogP contribution in [0, 0.1) is 0 Å². The molecule has 0 aliphatic rings. The fourth-order valence-corrected chi connectivity index (χ4v) is 5.83. The Morgan fingerprint density at radius 1 is 1.06 bits per heavy atom. The summed E-state index contributed by atoms with van der Waals surface area (Å²) in [6.07, 6.45) is 3.27. The summed E-state index contributed by atoms with van der Waals surface area (Å²) in [7, 11) is -3.49. The summed E-state index contributed by atoms with van der Waals surface area (Å²) < 4.78 is 30.5. The second-order valence-electron chi connectivity index (χ2n) is 6.86. The maximum atomic E-state index is 12.8. The molecule has 1 aromatic carbocycles. The van der Waals surface area contributed by atoms with Gasteiger partial charge in [-0.05, 0) is 24.3 Å². The molecule has 11 heteroatoms. The minimum Gasteiger partial charge on any atom is -0.372 e. The zero-order valence-corrected chi connectivity index (χ0v) is 21.1. The van der Waals surface area contributed by atoms with Crippen LogP contribution in [-0.2, 0) is 21.3 Å². The van der Waals surface area contributed by atoms with Crippen molar-refractivity contribution >= 4 is 50.8 Å². The summed E-state index contributed by atoms with van der Waals surface area (Å²) in [5.74, 6) is 3.23. The largest absolute Gasteiger partial charge is 0.372 e. The number of thioether (sulfide) groups is 2. The Morgan fingerprint density at radius 2 is 1.88 bits per heavy atom. The standard InChI is InChI=1S/C22H25ClN4O3S3/c23-20-7-4-9-24-21(20)16-32-14-11-26-22(17-33(28,29)19-5-2-1-3-6-19)25-10-13-31-15-18-8-12-30-27-18/h1-9,12H,10-11,13-17H2,(H,25,26). The van der Waals surface area contributed by atoms with Gasteiger partial charge in [-0.2, -0.15) is 23.5 Å². The molecule has 176 valence electrons. The van der Waals surface area contributed by atoms with Crippen molar-refractivity contribution in [1.29, 1.82) is 0 Å². The molecule has 0 aliphatic carbocycles. The van der Waals surface area contributed by atoms with E-state index in [1.54, 1.807) is 72.4 Å². The van der Waals surface area contributed by atoms with Gasteiger partial charge in [-0.1, -0.05) is 35.0 Å². The Balaban J connectivity index is 1.52. The van der Waals surface area contributed by atoms with Crippen molar-refractivity contribution in [3.63, 3.8) is 0 Å². The SMILES string of the molecule is O=S(=O)(CC(=NCCSCc1ncccc1Cl)NCCSCc1ccon1)c1ccccc1. The van der Waals surface area contributed by atoms with E-state index in [4.69, 9.17) is 16.1 Å². The van der Waals surface area contributed by atoms with Crippen LogP contribution in [0.15, 0.2) is 75.4 Å². The third kappa shape index (κ3) is 9.04. The number of hydrogen-bond donors (Lipinski definition) is 1. The lowest BCUT2D eigenvalue weighted by molar-refractivity contribution is 0.414. The minimum atomic E-state index is -3.49. The van der Waals surface area contributed by atoms with Crippen LogP contribution in [0.25, 0.3) is 0 Å². The second kappa shape index (κ2) is 13.6. The minimum absolute atomic E-state index is 0.165. The summed E-state index contributed by atoms with van der Waals surface area (Å²) in [5, 5.41) is 7.74. The van der Waals surface area contributed by atoms with Crippen molar-refractivity contribution in [3.8, 4) is 0 Å². The predicted octanol–water partition coefficient (Wildman–Crippen LogP) is 4.35. The maximum absolute atomic E-state index is 12.8. The van der Waals surface area contributed by atoms with Crippen molar-refractivity contribution in [2.75, 3.05) is 30.3 Å². The fraction of sp³-hybridized carbons (Fsp3) is 0.318. The van der Waals surface area contributed by atoms with Gasteiger partial charge in [0, 0.05) is 41.8 Å². The van der Waals surface area contributed by atoms with E-state index >= 15 is 0 Å². The lowest BCUT2D eigenvalue weighted by atomic mass is 10.4. The number of rotatable bonds is 13. The van der Waals surface area contributed by atoms with Crippen LogP contribution in [-0.4, -0.2) is 54.7 Å². The zero-order chi connectivity index (χ0) is 23.4. The van der Waals surface area contributed by atoms with Crippen LogP contribution in [0.5, 0.6) is 0 Å². The molecule has 2 aromatic heterocycles. The molecule has 0 bridgehead atoms. The van der Waals surface area contributed by atoms with Crippen LogP contribution >= 0.6 is 35.1 Å². The quantitative estimate of drug-likeness (QED) is 0.200. The monoisotopic (exact) mass is 524 g/mol. The topological polar surface area (TPSA) is 97.5 Å². The van der Waals surface area contributed by atoms with Gasteiger partial charge in [0.25, 0.3) is 0 Å². The molecule has 0 unspecified atom stereocenters. The van der Waals surface area contributed by atoms with Gasteiger partial charge in [0.15, 0.2) is 9.84 Å². The van der Waals surface area contributed by atoms with E-state index < -0.39 is 9.84 Å². The van der Waals surface area contributed by atoms with Crippen LogP contribution in [0.2, 0.25) is 5.02 Å². The van der Waals surface area contributed by atoms with Crippen LogP contribution in [0.1, 0.15) is 11.4 Å². The summed E-state index contributed by atoms with van der Waals surface area (Å²) >= 11 is 9.48. The van der Waals surface area contributed by atoms with Crippen molar-refractivity contribution in [3.05, 3.63) is 77.4 Å². The molecule has 33 heavy (non-hydrogen) atoms. The average molecular weight is 525 g/mol. The zero-order valence-electron chi connectivity index (χ0n) is 17.9. The highest BCUT2D eigenvalue weighted by Gasteiger charge is 2.17. The van der Waals surface area contributed by atoms with Crippen LogP contribution < -0.4 is 5.32 Å². The van der Waals surface area contributed by atoms with Crippen LogP contribution in [0.3, 0.4) is 0 Å². The van der Waals surface area contributed by atoms with Crippen LogP contribution in [0.4, 0.5) is 0 Å². The summed E-state index contributed by atoms with van der Waals surface area (Å²) in [5.41, 5.74) is 1.72. The molecule has 2 heterocycles. The molecule has 0 aliphatic heterocycles. The Morgan fingerprint density at radius 3 is 2.64 bits per heavy atom. The molecule has 0 spiro atoms. The highest BCUT2D eigenvalue weighted by Crippen LogP contribution is 2.18. The highest BCUT2D eigenvalue weighted by atomic mass is 35.5. The molecule has 0 fully saturated rings. The normalized spacial score (nSPS) is 12.1. The molecule has 0 saturated carbocycles. The Hall–Kier alpha value is -2.01. The number of nitrogens with zero attached hydrogens (tertiary/aromatic N) is 3. The fourth-order valence-electron chi connectivity index (χ4n) is 2.74. The van der Waals surface area contributed by atoms with Gasteiger partial charge in [-0.15, -0.1) is 0 Å². The van der Waals surface area contributed by atoms with E-state index in [0.717, 1.165) is 28.6 Å². The van der Waals surface area contributed by atoms with E-state index in [0.29, 0.717) is 34.6 Å². The van der Waals surface area contributed by atoms with Gasteiger partial charge >= 0.3 is 0 Å². The van der Waals surface area contributed by atoms with Gasteiger partial charge in [0.05, 0.1) is 27.9 Å². The Labute approximate surface area is 207 Å². The van der Waals surface area contributed by atoms with Crippen molar-refractivity contribution in [2.24, 2.45) is 4.99 Å². The maximum Gasteiger partial charge on any atom is 0.185 e. The predicted molar refractivity (Wildman–Crippen MR) is 137 cm³/mol. The van der Waals surface area contributed by atoms with E-state index in [1.165, 1.54) is 0 Å². The molecule has 3 aromatic rings. The molecule has 7 nitrogen and oxygen atoms in total. The Bertz CT molecular complexity index is 1110. The van der Waals surface area contributed by atoms with Crippen molar-refractivity contribution in [2.45, 2.75) is 16.4 Å². The molecular weight excluding hydrogens is 500 g/mol. The van der Waals surface area contributed by atoms with E-state index in [2.05, 4.69) is 20.4 Å². The number of aromatic nitrogens is 2. The second-order valence-corrected chi connectivity index (χ2v) is 11.5. The van der Waals surface area contributed by atoms with Crippen molar-refractivity contribution in [1.82, 2.24) is 15.5 Å². The van der Waals surface area contributed by atoms with E-state index in [9.17, 15) is 8.42 Å². The molecule has 0 amide bonds. The summed E-state index contributed by atoms with van der Waals surface area (Å²) in [6, 6.07) is 13.9. The Kier molecular flexibility index (Phi) is 10.6. The number of halogens is 1. The molecule has 0 radical (unpaired) electrons. The first-order valence-corrected chi connectivity index (χ1v) is 14.6. The van der Waals surface area contributed by atoms with Crippen molar-refractivity contribution < 1.29 is 12.9 Å². The molecule has 1 N–H and O–H groups in total. The molecule has 0 atom stereocenters. The number of pyridine rings is 1. The smallest absolute Gasteiger partial charge is 0.185 e.